The Hall–Kier alpha value is -1.11. The summed E-state index contributed by atoms with van der Waals surface area (Å²) in [7, 11) is 1.96. The fourth-order valence-electron chi connectivity index (χ4n) is 2.35. The summed E-state index contributed by atoms with van der Waals surface area (Å²) in [5.41, 5.74) is 6.12. The minimum Gasteiger partial charge on any atom is -0.380 e. The van der Waals surface area contributed by atoms with E-state index in [1.54, 1.807) is 0 Å². The number of nitrogens with zero attached hydrogens (tertiary/aromatic N) is 1. The zero-order valence-corrected chi connectivity index (χ0v) is 11.4. The Morgan fingerprint density at radius 3 is 2.50 bits per heavy atom. The first kappa shape index (κ1) is 15.3. The lowest BCUT2D eigenvalue weighted by molar-refractivity contribution is -0.137. The standard InChI is InChI=1S/C14H19F3N2O/c1-19(12-6-7-20-9-12)8-13(18)10-2-4-11(5-3-10)14(15,16)17/h2-5,12-13H,6-9,18H2,1H3. The molecule has 0 saturated carbocycles. The van der Waals surface area contributed by atoms with Crippen LogP contribution in [0.2, 0.25) is 0 Å². The van der Waals surface area contributed by atoms with E-state index in [-0.39, 0.29) is 6.04 Å². The van der Waals surface area contributed by atoms with Gasteiger partial charge in [-0.1, -0.05) is 12.1 Å². The maximum absolute atomic E-state index is 12.5. The highest BCUT2D eigenvalue weighted by Crippen LogP contribution is 2.29. The summed E-state index contributed by atoms with van der Waals surface area (Å²) in [6, 6.07) is 5.10. The molecule has 0 aliphatic carbocycles. The van der Waals surface area contributed by atoms with Gasteiger partial charge in [-0.05, 0) is 31.2 Å². The molecule has 1 saturated heterocycles. The minimum atomic E-state index is -4.30. The van der Waals surface area contributed by atoms with Gasteiger partial charge in [0.15, 0.2) is 0 Å². The molecule has 0 spiro atoms. The van der Waals surface area contributed by atoms with Crippen LogP contribution in [-0.2, 0) is 10.9 Å². The third kappa shape index (κ3) is 3.71. The zero-order valence-electron chi connectivity index (χ0n) is 11.4. The van der Waals surface area contributed by atoms with E-state index >= 15 is 0 Å². The smallest absolute Gasteiger partial charge is 0.380 e. The van der Waals surface area contributed by atoms with E-state index in [0.717, 1.165) is 25.2 Å². The highest BCUT2D eigenvalue weighted by Gasteiger charge is 2.30. The van der Waals surface area contributed by atoms with Crippen LogP contribution in [0.15, 0.2) is 24.3 Å². The SMILES string of the molecule is CN(CC(N)c1ccc(C(F)(F)F)cc1)C1CCOC1. The van der Waals surface area contributed by atoms with Gasteiger partial charge in [0.05, 0.1) is 12.2 Å². The average molecular weight is 288 g/mol. The molecule has 6 heteroatoms. The van der Waals surface area contributed by atoms with E-state index in [1.165, 1.54) is 12.1 Å². The minimum absolute atomic E-state index is 0.303. The van der Waals surface area contributed by atoms with Gasteiger partial charge < -0.3 is 10.5 Å². The van der Waals surface area contributed by atoms with Crippen LogP contribution in [0.5, 0.6) is 0 Å². The first-order valence-electron chi connectivity index (χ1n) is 6.58. The molecule has 2 rings (SSSR count). The molecule has 3 nitrogen and oxygen atoms in total. The molecule has 1 aliphatic heterocycles. The molecule has 112 valence electrons. The Balaban J connectivity index is 1.96. The van der Waals surface area contributed by atoms with E-state index in [2.05, 4.69) is 4.90 Å². The highest BCUT2D eigenvalue weighted by molar-refractivity contribution is 5.26. The van der Waals surface area contributed by atoms with E-state index in [9.17, 15) is 13.2 Å². The Morgan fingerprint density at radius 2 is 2.00 bits per heavy atom. The third-order valence-electron chi connectivity index (χ3n) is 3.68. The van der Waals surface area contributed by atoms with Gasteiger partial charge in [0.25, 0.3) is 0 Å². The molecular formula is C14H19F3N2O. The number of likely N-dealkylation sites (N-methyl/N-ethyl adjacent to an activating group) is 1. The van der Waals surface area contributed by atoms with Gasteiger partial charge >= 0.3 is 6.18 Å². The molecule has 1 heterocycles. The predicted molar refractivity (Wildman–Crippen MR) is 70.2 cm³/mol. The second-order valence-corrected chi connectivity index (χ2v) is 5.18. The van der Waals surface area contributed by atoms with Crippen molar-refractivity contribution in [2.45, 2.75) is 24.7 Å². The molecule has 1 aromatic rings. The normalized spacial score (nSPS) is 21.4. The Kier molecular flexibility index (Phi) is 4.67. The summed E-state index contributed by atoms with van der Waals surface area (Å²) in [4.78, 5) is 2.11. The third-order valence-corrected chi connectivity index (χ3v) is 3.68. The van der Waals surface area contributed by atoms with Crippen molar-refractivity contribution in [2.24, 2.45) is 5.73 Å². The van der Waals surface area contributed by atoms with E-state index in [4.69, 9.17) is 10.5 Å². The summed E-state index contributed by atoms with van der Waals surface area (Å²) < 4.78 is 42.8. The molecule has 0 radical (unpaired) electrons. The summed E-state index contributed by atoms with van der Waals surface area (Å²) in [5, 5.41) is 0. The second kappa shape index (κ2) is 6.11. The lowest BCUT2D eigenvalue weighted by Gasteiger charge is -2.26. The van der Waals surface area contributed by atoms with Gasteiger partial charge in [-0.15, -0.1) is 0 Å². The lowest BCUT2D eigenvalue weighted by atomic mass is 10.0. The van der Waals surface area contributed by atoms with Crippen molar-refractivity contribution in [3.05, 3.63) is 35.4 Å². The Labute approximate surface area is 116 Å². The van der Waals surface area contributed by atoms with Crippen molar-refractivity contribution in [3.8, 4) is 0 Å². The molecule has 20 heavy (non-hydrogen) atoms. The number of hydrogen-bond donors (Lipinski definition) is 1. The van der Waals surface area contributed by atoms with Crippen molar-refractivity contribution in [1.29, 1.82) is 0 Å². The number of alkyl halides is 3. The van der Waals surface area contributed by atoms with Crippen LogP contribution in [0.1, 0.15) is 23.6 Å². The highest BCUT2D eigenvalue weighted by atomic mass is 19.4. The van der Waals surface area contributed by atoms with Gasteiger partial charge in [-0.25, -0.2) is 0 Å². The number of rotatable bonds is 4. The molecule has 0 bridgehead atoms. The second-order valence-electron chi connectivity index (χ2n) is 5.18. The van der Waals surface area contributed by atoms with Crippen LogP contribution in [0, 0.1) is 0 Å². The maximum atomic E-state index is 12.5. The first-order chi connectivity index (χ1) is 9.38. The van der Waals surface area contributed by atoms with Gasteiger partial charge in [0.1, 0.15) is 0 Å². The number of benzene rings is 1. The number of ether oxygens (including phenoxy) is 1. The fourth-order valence-corrected chi connectivity index (χ4v) is 2.35. The quantitative estimate of drug-likeness (QED) is 0.924. The Bertz CT molecular complexity index is 427. The molecule has 1 fully saturated rings. The summed E-state index contributed by atoms with van der Waals surface area (Å²) in [6.45, 7) is 2.04. The first-order valence-corrected chi connectivity index (χ1v) is 6.58. The molecule has 2 unspecified atom stereocenters. The van der Waals surface area contributed by atoms with Crippen molar-refractivity contribution in [2.75, 3.05) is 26.8 Å². The molecule has 0 amide bonds. The molecule has 2 atom stereocenters. The van der Waals surface area contributed by atoms with Crippen molar-refractivity contribution >= 4 is 0 Å². The summed E-state index contributed by atoms with van der Waals surface area (Å²) >= 11 is 0. The van der Waals surface area contributed by atoms with Crippen LogP contribution in [-0.4, -0.2) is 37.7 Å². The molecule has 1 aliphatic rings. The fraction of sp³-hybridized carbons (Fsp3) is 0.571. The van der Waals surface area contributed by atoms with E-state index in [0.29, 0.717) is 24.8 Å². The molecule has 2 N–H and O–H groups in total. The van der Waals surface area contributed by atoms with Crippen LogP contribution in [0.3, 0.4) is 0 Å². The Morgan fingerprint density at radius 1 is 1.35 bits per heavy atom. The largest absolute Gasteiger partial charge is 0.416 e. The number of hydrogen-bond acceptors (Lipinski definition) is 3. The van der Waals surface area contributed by atoms with Gasteiger partial charge in [0.2, 0.25) is 0 Å². The topological polar surface area (TPSA) is 38.5 Å². The van der Waals surface area contributed by atoms with Crippen molar-refractivity contribution in [3.63, 3.8) is 0 Å². The average Bonchev–Trinajstić information content (AvgIpc) is 2.91. The number of halogens is 3. The summed E-state index contributed by atoms with van der Waals surface area (Å²) in [6.07, 6.45) is -3.34. The number of nitrogens with two attached hydrogens (primary N) is 1. The molecule has 0 aromatic heterocycles. The monoisotopic (exact) mass is 288 g/mol. The van der Waals surface area contributed by atoms with E-state index in [1.807, 2.05) is 7.05 Å². The van der Waals surface area contributed by atoms with Crippen molar-refractivity contribution < 1.29 is 17.9 Å². The summed E-state index contributed by atoms with van der Waals surface area (Å²) in [5.74, 6) is 0. The van der Waals surface area contributed by atoms with Gasteiger partial charge in [-0.2, -0.15) is 13.2 Å². The van der Waals surface area contributed by atoms with Crippen molar-refractivity contribution in [1.82, 2.24) is 4.90 Å². The lowest BCUT2D eigenvalue weighted by Crippen LogP contribution is -2.37. The zero-order chi connectivity index (χ0) is 14.8. The van der Waals surface area contributed by atoms with E-state index < -0.39 is 11.7 Å². The van der Waals surface area contributed by atoms with Crippen LogP contribution in [0.25, 0.3) is 0 Å². The predicted octanol–water partition coefficient (Wildman–Crippen LogP) is 2.43. The molecular weight excluding hydrogens is 269 g/mol. The maximum Gasteiger partial charge on any atom is 0.416 e. The van der Waals surface area contributed by atoms with Crippen LogP contribution < -0.4 is 5.73 Å². The molecule has 1 aromatic carbocycles. The van der Waals surface area contributed by atoms with Gasteiger partial charge in [-0.3, -0.25) is 4.90 Å². The van der Waals surface area contributed by atoms with Gasteiger partial charge in [0, 0.05) is 25.2 Å². The van der Waals surface area contributed by atoms with Crippen LogP contribution in [0.4, 0.5) is 13.2 Å². The van der Waals surface area contributed by atoms with Crippen LogP contribution >= 0.6 is 0 Å².